The summed E-state index contributed by atoms with van der Waals surface area (Å²) in [5.41, 5.74) is 3.03. The molecule has 0 aliphatic carbocycles. The van der Waals surface area contributed by atoms with Crippen LogP contribution in [0.25, 0.3) is 0 Å². The second-order valence-corrected chi connectivity index (χ2v) is 5.20. The predicted molar refractivity (Wildman–Crippen MR) is 88.7 cm³/mol. The molecule has 0 spiro atoms. The monoisotopic (exact) mass is 301 g/mol. The highest BCUT2D eigenvalue weighted by atomic mass is 32.1. The molecule has 0 fully saturated rings. The normalized spacial score (nSPS) is 11.7. The van der Waals surface area contributed by atoms with E-state index in [4.69, 9.17) is 4.74 Å². The number of carbonyl (C=O) groups excluding carboxylic acids is 1. The second kappa shape index (κ2) is 7.74. The second-order valence-electron chi connectivity index (χ2n) is 4.84. The van der Waals surface area contributed by atoms with Crippen LogP contribution in [0.4, 0.5) is 5.69 Å². The average molecular weight is 301 g/mol. The fraction of sp³-hybridized carbons (Fsp3) is 0.235. The van der Waals surface area contributed by atoms with E-state index in [0.29, 0.717) is 5.75 Å². The smallest absolute Gasteiger partial charge is 0.329 e. The Kier molecular flexibility index (Phi) is 5.69. The summed E-state index contributed by atoms with van der Waals surface area (Å²) in [6.45, 7) is 2.30. The van der Waals surface area contributed by atoms with Crippen LogP contribution in [-0.2, 0) is 16.1 Å². The standard InChI is InChI=1S/C17H19NO2S/c1-13-7-9-15(10-8-13)18-16(12-21)17(19)20-11-14-5-3-2-4-6-14/h2-10,16,18,21H,11-12H2,1H3/t16-/m1/s1. The molecule has 0 heterocycles. The van der Waals surface area contributed by atoms with Gasteiger partial charge in [-0.2, -0.15) is 12.6 Å². The first-order valence-corrected chi connectivity index (χ1v) is 7.47. The van der Waals surface area contributed by atoms with E-state index in [9.17, 15) is 4.79 Å². The molecule has 0 aromatic heterocycles. The molecule has 1 atom stereocenters. The number of hydrogen-bond acceptors (Lipinski definition) is 4. The lowest BCUT2D eigenvalue weighted by atomic mass is 10.2. The molecule has 2 aromatic carbocycles. The molecule has 21 heavy (non-hydrogen) atoms. The topological polar surface area (TPSA) is 38.3 Å². The lowest BCUT2D eigenvalue weighted by Crippen LogP contribution is -2.33. The Bertz CT molecular complexity index is 569. The lowest BCUT2D eigenvalue weighted by molar-refractivity contribution is -0.145. The molecule has 110 valence electrons. The Hall–Kier alpha value is -1.94. The fourth-order valence-corrected chi connectivity index (χ4v) is 2.10. The van der Waals surface area contributed by atoms with Gasteiger partial charge in [0.1, 0.15) is 12.6 Å². The number of carbonyl (C=O) groups is 1. The van der Waals surface area contributed by atoms with Crippen LogP contribution in [0.15, 0.2) is 54.6 Å². The number of hydrogen-bond donors (Lipinski definition) is 2. The Labute approximate surface area is 130 Å². The van der Waals surface area contributed by atoms with E-state index in [1.807, 2.05) is 61.5 Å². The lowest BCUT2D eigenvalue weighted by Gasteiger charge is -2.17. The number of nitrogens with one attached hydrogen (secondary N) is 1. The molecule has 2 aromatic rings. The van der Waals surface area contributed by atoms with E-state index < -0.39 is 6.04 Å². The zero-order chi connectivity index (χ0) is 15.1. The Balaban J connectivity index is 1.90. The number of rotatable bonds is 6. The van der Waals surface area contributed by atoms with Crippen molar-refractivity contribution < 1.29 is 9.53 Å². The number of aryl methyl sites for hydroxylation is 1. The third-order valence-corrected chi connectivity index (χ3v) is 3.45. The van der Waals surface area contributed by atoms with Gasteiger partial charge >= 0.3 is 5.97 Å². The summed E-state index contributed by atoms with van der Waals surface area (Å²) in [7, 11) is 0. The van der Waals surface area contributed by atoms with E-state index in [2.05, 4.69) is 17.9 Å². The first-order valence-electron chi connectivity index (χ1n) is 6.83. The predicted octanol–water partition coefficient (Wildman–Crippen LogP) is 3.45. The summed E-state index contributed by atoms with van der Waals surface area (Å²) in [5.74, 6) is 0.0797. The van der Waals surface area contributed by atoms with Gasteiger partial charge < -0.3 is 10.1 Å². The molecule has 0 aliphatic heterocycles. The third-order valence-electron chi connectivity index (χ3n) is 3.08. The van der Waals surface area contributed by atoms with Crippen molar-refractivity contribution in [2.45, 2.75) is 19.6 Å². The van der Waals surface area contributed by atoms with Crippen molar-refractivity contribution in [3.05, 3.63) is 65.7 Å². The quantitative estimate of drug-likeness (QED) is 0.634. The van der Waals surface area contributed by atoms with Gasteiger partial charge in [0.25, 0.3) is 0 Å². The zero-order valence-electron chi connectivity index (χ0n) is 12.0. The molecule has 0 aliphatic rings. The molecule has 2 rings (SSSR count). The number of anilines is 1. The van der Waals surface area contributed by atoms with E-state index >= 15 is 0 Å². The molecule has 0 amide bonds. The van der Waals surface area contributed by atoms with E-state index in [1.54, 1.807) is 0 Å². The number of ether oxygens (including phenoxy) is 1. The molecule has 0 bridgehead atoms. The van der Waals surface area contributed by atoms with Gasteiger partial charge in [-0.25, -0.2) is 4.79 Å². The van der Waals surface area contributed by atoms with Crippen LogP contribution < -0.4 is 5.32 Å². The molecule has 3 nitrogen and oxygen atoms in total. The highest BCUT2D eigenvalue weighted by molar-refractivity contribution is 7.80. The molecule has 0 saturated heterocycles. The molecular weight excluding hydrogens is 282 g/mol. The van der Waals surface area contributed by atoms with Gasteiger partial charge in [0.05, 0.1) is 0 Å². The van der Waals surface area contributed by atoms with Crippen LogP contribution in [0, 0.1) is 6.92 Å². The van der Waals surface area contributed by atoms with Crippen LogP contribution in [0.1, 0.15) is 11.1 Å². The Morgan fingerprint density at radius 1 is 1.14 bits per heavy atom. The summed E-state index contributed by atoms with van der Waals surface area (Å²) in [6.07, 6.45) is 0. The summed E-state index contributed by atoms with van der Waals surface area (Å²) in [6, 6.07) is 17.0. The SMILES string of the molecule is Cc1ccc(N[C@H](CS)C(=O)OCc2ccccc2)cc1. The minimum absolute atomic E-state index is 0.277. The van der Waals surface area contributed by atoms with Crippen LogP contribution in [0.2, 0.25) is 0 Å². The highest BCUT2D eigenvalue weighted by Crippen LogP contribution is 2.12. The van der Waals surface area contributed by atoms with Crippen LogP contribution in [0.5, 0.6) is 0 Å². The largest absolute Gasteiger partial charge is 0.459 e. The van der Waals surface area contributed by atoms with Crippen molar-refractivity contribution in [3.8, 4) is 0 Å². The fourth-order valence-electron chi connectivity index (χ4n) is 1.86. The molecule has 0 unspecified atom stereocenters. The van der Waals surface area contributed by atoms with Gasteiger partial charge in [-0.3, -0.25) is 0 Å². The molecule has 4 heteroatoms. The molecule has 0 saturated carbocycles. The van der Waals surface area contributed by atoms with Crippen molar-refractivity contribution in [2.24, 2.45) is 0 Å². The summed E-state index contributed by atoms with van der Waals surface area (Å²) in [4.78, 5) is 12.1. The average Bonchev–Trinajstić information content (AvgIpc) is 2.53. The van der Waals surface area contributed by atoms with E-state index in [1.165, 1.54) is 5.56 Å². The third kappa shape index (κ3) is 4.83. The van der Waals surface area contributed by atoms with E-state index in [-0.39, 0.29) is 12.6 Å². The summed E-state index contributed by atoms with van der Waals surface area (Å²) >= 11 is 4.22. The van der Waals surface area contributed by atoms with Gasteiger partial charge in [0.2, 0.25) is 0 Å². The summed E-state index contributed by atoms with van der Waals surface area (Å²) < 4.78 is 5.33. The minimum atomic E-state index is -0.459. The van der Waals surface area contributed by atoms with Gasteiger partial charge in [-0.05, 0) is 24.6 Å². The maximum absolute atomic E-state index is 12.1. The summed E-state index contributed by atoms with van der Waals surface area (Å²) in [5, 5.41) is 3.14. The maximum Gasteiger partial charge on any atom is 0.329 e. The van der Waals surface area contributed by atoms with Crippen molar-refractivity contribution in [1.29, 1.82) is 0 Å². The van der Waals surface area contributed by atoms with E-state index in [0.717, 1.165) is 11.3 Å². The Morgan fingerprint density at radius 3 is 2.43 bits per heavy atom. The van der Waals surface area contributed by atoms with Gasteiger partial charge in [0, 0.05) is 11.4 Å². The van der Waals surface area contributed by atoms with Crippen molar-refractivity contribution >= 4 is 24.3 Å². The van der Waals surface area contributed by atoms with Gasteiger partial charge in [-0.15, -0.1) is 0 Å². The molecular formula is C17H19NO2S. The van der Waals surface area contributed by atoms with Crippen molar-refractivity contribution in [3.63, 3.8) is 0 Å². The number of benzene rings is 2. The van der Waals surface area contributed by atoms with Crippen molar-refractivity contribution in [2.75, 3.05) is 11.1 Å². The van der Waals surface area contributed by atoms with Gasteiger partial charge in [0.15, 0.2) is 0 Å². The number of thiol groups is 1. The van der Waals surface area contributed by atoms with Crippen LogP contribution in [0.3, 0.4) is 0 Å². The van der Waals surface area contributed by atoms with Crippen LogP contribution in [-0.4, -0.2) is 17.8 Å². The van der Waals surface area contributed by atoms with Crippen LogP contribution >= 0.6 is 12.6 Å². The molecule has 1 N–H and O–H groups in total. The first-order chi connectivity index (χ1) is 10.2. The maximum atomic E-state index is 12.1. The van der Waals surface area contributed by atoms with Gasteiger partial charge in [-0.1, -0.05) is 48.0 Å². The molecule has 0 radical (unpaired) electrons. The van der Waals surface area contributed by atoms with Crippen molar-refractivity contribution in [1.82, 2.24) is 0 Å². The number of esters is 1. The highest BCUT2D eigenvalue weighted by Gasteiger charge is 2.18. The Morgan fingerprint density at radius 2 is 1.81 bits per heavy atom. The zero-order valence-corrected chi connectivity index (χ0v) is 12.8. The first kappa shape index (κ1) is 15.4. The minimum Gasteiger partial charge on any atom is -0.459 e.